The number of nitrogens with zero attached hydrogens (tertiary/aromatic N) is 1. The molecule has 47 heavy (non-hydrogen) atoms. The Balaban J connectivity index is 2.20. The first-order chi connectivity index (χ1) is 22.8. The molecule has 16 heteroatoms. The van der Waals surface area contributed by atoms with Crippen molar-refractivity contribution in [2.45, 2.75) is 32.7 Å². The van der Waals surface area contributed by atoms with Gasteiger partial charge in [-0.1, -0.05) is 6.07 Å². The topological polar surface area (TPSA) is 197 Å². The molecule has 1 unspecified atom stereocenters. The fourth-order valence-corrected chi connectivity index (χ4v) is 3.93. The first-order valence-electron chi connectivity index (χ1n) is 15.3. The first kappa shape index (κ1) is 41.1. The van der Waals surface area contributed by atoms with Crippen LogP contribution >= 0.6 is 0 Å². The van der Waals surface area contributed by atoms with Gasteiger partial charge in [-0.2, -0.15) is 0 Å². The molecule has 264 valence electrons. The van der Waals surface area contributed by atoms with E-state index in [-0.39, 0.29) is 56.2 Å². The average molecular weight is 669 g/mol. The van der Waals surface area contributed by atoms with Crippen LogP contribution in [0.25, 0.3) is 0 Å². The highest BCUT2D eigenvalue weighted by Gasteiger charge is 2.30. The number of carbonyl (C=O) groups excluding carboxylic acids is 6. The lowest BCUT2D eigenvalue weighted by Gasteiger charge is -2.25. The Morgan fingerprint density at radius 3 is 1.83 bits per heavy atom. The smallest absolute Gasteiger partial charge is 0.261 e. The number of rotatable bonds is 28. The summed E-state index contributed by atoms with van der Waals surface area (Å²) in [5.74, 6) is -1.55. The lowest BCUT2D eigenvalue weighted by atomic mass is 10.0. The van der Waals surface area contributed by atoms with E-state index in [1.165, 1.54) is 26.1 Å². The van der Waals surface area contributed by atoms with Gasteiger partial charge in [0.1, 0.15) is 18.1 Å². The quantitative estimate of drug-likeness (QED) is 0.0759. The van der Waals surface area contributed by atoms with Crippen LogP contribution in [0.1, 0.15) is 35.7 Å². The molecule has 5 amide bonds. The van der Waals surface area contributed by atoms with Gasteiger partial charge in [0.25, 0.3) is 11.8 Å². The van der Waals surface area contributed by atoms with Crippen molar-refractivity contribution in [1.82, 2.24) is 20.9 Å². The number of ether oxygens (including phenoxy) is 6. The summed E-state index contributed by atoms with van der Waals surface area (Å²) in [6.07, 6.45) is 0.833. The van der Waals surface area contributed by atoms with E-state index >= 15 is 0 Å². The minimum Gasteiger partial charge on any atom is -0.483 e. The Morgan fingerprint density at radius 2 is 1.34 bits per heavy atom. The number of aldehydes is 1. The second-order valence-electron chi connectivity index (χ2n) is 9.80. The number of hydrogen-bond acceptors (Lipinski definition) is 12. The van der Waals surface area contributed by atoms with Gasteiger partial charge in [-0.05, 0) is 25.5 Å². The molecule has 1 aromatic carbocycles. The standard InChI is InChI=1S/C31H48N4O12/c1-24-26(31(41)35(23-37)27(7-5-11-36)30(40)32-3)6-4-8-28(24)47-22-29(39)34-10-13-43-15-17-45-19-21-46-20-18-44-16-14-42-12-9-33-25(2)38/h4,6,8,11,23,27H,5,7,9-10,12-22H2,1-3H3,(H,32,40)(H,33,38)(H,34,39). The number of carbonyl (C=O) groups is 6. The predicted octanol–water partition coefficient (Wildman–Crippen LogP) is -0.599. The largest absolute Gasteiger partial charge is 0.483 e. The number of benzene rings is 1. The summed E-state index contributed by atoms with van der Waals surface area (Å²) in [7, 11) is 1.37. The SMILES string of the molecule is CNC(=O)C(CCC=O)N(C=O)C(=O)c1cccc(OCC(=O)NCCOCCOCCOCCOCCOCCNC(C)=O)c1C. The molecule has 0 saturated carbocycles. The Kier molecular flexibility index (Phi) is 22.8. The van der Waals surface area contributed by atoms with E-state index < -0.39 is 23.8 Å². The van der Waals surface area contributed by atoms with Crippen LogP contribution in [0.3, 0.4) is 0 Å². The zero-order valence-corrected chi connectivity index (χ0v) is 27.4. The second-order valence-corrected chi connectivity index (χ2v) is 9.80. The number of likely N-dealkylation sites (N-methyl/N-ethyl adjacent to an activating group) is 1. The molecule has 0 aliphatic rings. The van der Waals surface area contributed by atoms with Crippen molar-refractivity contribution in [3.63, 3.8) is 0 Å². The fraction of sp³-hybridized carbons (Fsp3) is 0.613. The lowest BCUT2D eigenvalue weighted by molar-refractivity contribution is -0.131. The van der Waals surface area contributed by atoms with E-state index in [1.54, 1.807) is 13.0 Å². The van der Waals surface area contributed by atoms with Gasteiger partial charge >= 0.3 is 0 Å². The van der Waals surface area contributed by atoms with Gasteiger partial charge in [0.05, 0.1) is 66.1 Å². The van der Waals surface area contributed by atoms with Gasteiger partial charge in [-0.25, -0.2) is 0 Å². The lowest BCUT2D eigenvalue weighted by Crippen LogP contribution is -2.48. The molecule has 0 radical (unpaired) electrons. The van der Waals surface area contributed by atoms with Gasteiger partial charge in [-0.15, -0.1) is 0 Å². The summed E-state index contributed by atoms with van der Waals surface area (Å²) in [5.41, 5.74) is 0.490. The Hall–Kier alpha value is -3.96. The van der Waals surface area contributed by atoms with Crippen molar-refractivity contribution in [3.8, 4) is 5.75 Å². The average Bonchev–Trinajstić information content (AvgIpc) is 3.06. The summed E-state index contributed by atoms with van der Waals surface area (Å²) >= 11 is 0. The summed E-state index contributed by atoms with van der Waals surface area (Å²) in [5, 5.41) is 7.70. The monoisotopic (exact) mass is 668 g/mol. The van der Waals surface area contributed by atoms with Gasteiger partial charge in [0.2, 0.25) is 18.2 Å². The molecule has 0 aliphatic heterocycles. The highest BCUT2D eigenvalue weighted by atomic mass is 16.6. The maximum atomic E-state index is 13.2. The van der Waals surface area contributed by atoms with Gasteiger partial charge in [0, 0.05) is 44.6 Å². The molecule has 1 atom stereocenters. The molecule has 0 heterocycles. The summed E-state index contributed by atoms with van der Waals surface area (Å²) in [6.45, 7) is 7.42. The predicted molar refractivity (Wildman–Crippen MR) is 168 cm³/mol. The molecule has 0 bridgehead atoms. The molecule has 0 aliphatic carbocycles. The van der Waals surface area contributed by atoms with E-state index in [0.717, 1.165) is 4.90 Å². The summed E-state index contributed by atoms with van der Waals surface area (Å²) in [4.78, 5) is 71.8. The van der Waals surface area contributed by atoms with Crippen molar-refractivity contribution in [2.24, 2.45) is 0 Å². The van der Waals surface area contributed by atoms with Crippen molar-refractivity contribution in [3.05, 3.63) is 29.3 Å². The maximum absolute atomic E-state index is 13.2. The third kappa shape index (κ3) is 18.1. The number of hydrogen-bond donors (Lipinski definition) is 3. The fourth-order valence-electron chi connectivity index (χ4n) is 3.93. The molecular weight excluding hydrogens is 620 g/mol. The third-order valence-corrected chi connectivity index (χ3v) is 6.34. The third-order valence-electron chi connectivity index (χ3n) is 6.34. The molecule has 0 aromatic heterocycles. The van der Waals surface area contributed by atoms with Crippen molar-refractivity contribution < 1.29 is 57.2 Å². The Bertz CT molecular complexity index is 1100. The number of amides is 5. The van der Waals surface area contributed by atoms with Crippen LogP contribution in [0.5, 0.6) is 5.75 Å². The van der Waals surface area contributed by atoms with E-state index in [2.05, 4.69) is 16.0 Å². The molecule has 1 rings (SSSR count). The van der Waals surface area contributed by atoms with Crippen molar-refractivity contribution in [1.29, 1.82) is 0 Å². The van der Waals surface area contributed by atoms with Crippen LogP contribution in [-0.2, 0) is 47.7 Å². The minimum atomic E-state index is -1.16. The first-order valence-corrected chi connectivity index (χ1v) is 15.3. The highest BCUT2D eigenvalue weighted by molar-refractivity contribution is 6.04. The van der Waals surface area contributed by atoms with Crippen LogP contribution in [0.2, 0.25) is 0 Å². The van der Waals surface area contributed by atoms with Crippen molar-refractivity contribution in [2.75, 3.05) is 92.8 Å². The van der Waals surface area contributed by atoms with Crippen LogP contribution in [0.4, 0.5) is 0 Å². The van der Waals surface area contributed by atoms with Gasteiger partial charge in [-0.3, -0.25) is 28.9 Å². The molecule has 0 spiro atoms. The normalized spacial score (nSPS) is 11.3. The van der Waals surface area contributed by atoms with E-state index in [4.69, 9.17) is 28.4 Å². The van der Waals surface area contributed by atoms with E-state index in [0.29, 0.717) is 77.9 Å². The molecule has 3 N–H and O–H groups in total. The van der Waals surface area contributed by atoms with E-state index in [9.17, 15) is 28.8 Å². The zero-order chi connectivity index (χ0) is 34.7. The maximum Gasteiger partial charge on any atom is 0.261 e. The highest BCUT2D eigenvalue weighted by Crippen LogP contribution is 2.23. The van der Waals surface area contributed by atoms with Crippen LogP contribution < -0.4 is 20.7 Å². The van der Waals surface area contributed by atoms with Gasteiger partial charge in [0.15, 0.2) is 6.61 Å². The zero-order valence-electron chi connectivity index (χ0n) is 27.4. The molecule has 0 saturated heterocycles. The second kappa shape index (κ2) is 26.1. The number of nitrogens with one attached hydrogen (secondary N) is 3. The van der Waals surface area contributed by atoms with E-state index in [1.807, 2.05) is 0 Å². The molecule has 0 fully saturated rings. The van der Waals surface area contributed by atoms with Crippen LogP contribution in [0, 0.1) is 6.92 Å². The van der Waals surface area contributed by atoms with Gasteiger partial charge < -0.3 is 49.2 Å². The molecular formula is C31H48N4O12. The van der Waals surface area contributed by atoms with Crippen LogP contribution in [0.15, 0.2) is 18.2 Å². The molecule has 16 nitrogen and oxygen atoms in total. The van der Waals surface area contributed by atoms with Crippen LogP contribution in [-0.4, -0.2) is 140 Å². The summed E-state index contributed by atoms with van der Waals surface area (Å²) in [6, 6.07) is 3.43. The Labute approximate surface area is 275 Å². The minimum absolute atomic E-state index is 0.0122. The molecule has 1 aromatic rings. The van der Waals surface area contributed by atoms with Crippen molar-refractivity contribution >= 4 is 36.3 Å². The summed E-state index contributed by atoms with van der Waals surface area (Å²) < 4.78 is 32.5. The number of imide groups is 1. The Morgan fingerprint density at radius 1 is 0.809 bits per heavy atom.